The molecule has 0 bridgehead atoms. The average molecular weight is 343 g/mol. The summed E-state index contributed by atoms with van der Waals surface area (Å²) in [6.07, 6.45) is 0. The van der Waals surface area contributed by atoms with Crippen LogP contribution in [0.25, 0.3) is 11.1 Å². The van der Waals surface area contributed by atoms with Crippen molar-refractivity contribution in [2.45, 2.75) is 13.0 Å². The van der Waals surface area contributed by atoms with Gasteiger partial charge < -0.3 is 14.6 Å². The number of aromatic nitrogens is 1. The molecule has 0 saturated heterocycles. The third-order valence-electron chi connectivity index (χ3n) is 4.30. The molecule has 0 unspecified atom stereocenters. The lowest BCUT2D eigenvalue weighted by molar-refractivity contribution is 0.208. The van der Waals surface area contributed by atoms with E-state index >= 15 is 0 Å². The fourth-order valence-electron chi connectivity index (χ4n) is 2.56. The molecule has 0 fully saturated rings. The molecule has 2 aromatic carbocycles. The molecular formula is C18H18FN3O3. The maximum atomic E-state index is 13.0. The molecule has 3 aromatic rings. The van der Waals surface area contributed by atoms with Crippen molar-refractivity contribution in [2.24, 2.45) is 7.05 Å². The Bertz CT molecular complexity index is 975. The number of rotatable bonds is 3. The summed E-state index contributed by atoms with van der Waals surface area (Å²) in [4.78, 5) is 25.5. The van der Waals surface area contributed by atoms with Crippen molar-refractivity contribution in [2.75, 3.05) is 12.4 Å². The number of nitrogens with one attached hydrogen (secondary N) is 1. The van der Waals surface area contributed by atoms with E-state index in [1.165, 1.54) is 21.6 Å². The molecule has 1 N–H and O–H groups in total. The van der Waals surface area contributed by atoms with E-state index < -0.39 is 5.76 Å². The van der Waals surface area contributed by atoms with E-state index in [0.29, 0.717) is 16.8 Å². The van der Waals surface area contributed by atoms with Gasteiger partial charge >= 0.3 is 11.8 Å². The number of anilines is 1. The monoisotopic (exact) mass is 343 g/mol. The van der Waals surface area contributed by atoms with E-state index in [1.54, 1.807) is 44.4 Å². The summed E-state index contributed by atoms with van der Waals surface area (Å²) in [6, 6.07) is 10.5. The van der Waals surface area contributed by atoms with Crippen LogP contribution in [-0.4, -0.2) is 22.5 Å². The topological polar surface area (TPSA) is 67.5 Å². The van der Waals surface area contributed by atoms with Crippen LogP contribution in [0.2, 0.25) is 0 Å². The molecule has 0 spiro atoms. The lowest BCUT2D eigenvalue weighted by Crippen LogP contribution is -2.33. The van der Waals surface area contributed by atoms with Crippen molar-refractivity contribution in [3.63, 3.8) is 0 Å². The number of hydrogen-bond acceptors (Lipinski definition) is 3. The van der Waals surface area contributed by atoms with Crippen LogP contribution in [0.5, 0.6) is 0 Å². The van der Waals surface area contributed by atoms with Crippen molar-refractivity contribution in [3.05, 3.63) is 64.4 Å². The van der Waals surface area contributed by atoms with Gasteiger partial charge in [0.2, 0.25) is 0 Å². The molecule has 25 heavy (non-hydrogen) atoms. The van der Waals surface area contributed by atoms with E-state index in [2.05, 4.69) is 5.32 Å². The van der Waals surface area contributed by atoms with E-state index in [4.69, 9.17) is 4.42 Å². The standard InChI is InChI=1S/C18H18FN3O3/c1-11(12-4-6-13(19)7-5-12)21(2)17(23)20-14-8-9-16-15(10-14)22(3)18(24)25-16/h4-11H,1-3H3,(H,20,23)/t11-/m0/s1. The van der Waals surface area contributed by atoms with Gasteiger partial charge in [0.1, 0.15) is 5.82 Å². The number of amides is 2. The summed E-state index contributed by atoms with van der Waals surface area (Å²) in [7, 11) is 3.26. The molecule has 7 heteroatoms. The third-order valence-corrected chi connectivity index (χ3v) is 4.30. The Morgan fingerprint density at radius 1 is 1.24 bits per heavy atom. The van der Waals surface area contributed by atoms with Crippen LogP contribution in [0.15, 0.2) is 51.7 Å². The second-order valence-electron chi connectivity index (χ2n) is 5.88. The zero-order valence-electron chi connectivity index (χ0n) is 14.1. The maximum Gasteiger partial charge on any atom is 0.419 e. The first-order valence-electron chi connectivity index (χ1n) is 7.75. The normalized spacial score (nSPS) is 12.2. The van der Waals surface area contributed by atoms with Crippen molar-refractivity contribution in [1.29, 1.82) is 0 Å². The number of urea groups is 1. The minimum Gasteiger partial charge on any atom is -0.408 e. The fraction of sp³-hybridized carbons (Fsp3) is 0.222. The van der Waals surface area contributed by atoms with Crippen LogP contribution in [-0.2, 0) is 7.05 Å². The first-order chi connectivity index (χ1) is 11.9. The van der Waals surface area contributed by atoms with Crippen LogP contribution >= 0.6 is 0 Å². The molecule has 0 saturated carbocycles. The van der Waals surface area contributed by atoms with Gasteiger partial charge in [-0.3, -0.25) is 4.57 Å². The van der Waals surface area contributed by atoms with E-state index in [-0.39, 0.29) is 17.9 Å². The second kappa shape index (κ2) is 6.43. The van der Waals surface area contributed by atoms with E-state index in [1.807, 2.05) is 6.92 Å². The van der Waals surface area contributed by atoms with Crippen molar-refractivity contribution < 1.29 is 13.6 Å². The third kappa shape index (κ3) is 3.26. The Morgan fingerprint density at radius 3 is 2.60 bits per heavy atom. The summed E-state index contributed by atoms with van der Waals surface area (Å²) in [5.41, 5.74) is 2.43. The van der Waals surface area contributed by atoms with Gasteiger partial charge in [-0.1, -0.05) is 12.1 Å². The molecule has 0 radical (unpaired) electrons. The quantitative estimate of drug-likeness (QED) is 0.791. The Kier molecular flexibility index (Phi) is 4.31. The maximum absolute atomic E-state index is 13.0. The van der Waals surface area contributed by atoms with Crippen molar-refractivity contribution >= 4 is 22.8 Å². The SMILES string of the molecule is C[C@@H](c1ccc(F)cc1)N(C)C(=O)Nc1ccc2oc(=O)n(C)c2c1. The number of carbonyl (C=O) groups is 1. The van der Waals surface area contributed by atoms with Crippen LogP contribution in [0.4, 0.5) is 14.9 Å². The highest BCUT2D eigenvalue weighted by Gasteiger charge is 2.18. The Balaban J connectivity index is 1.77. The van der Waals surface area contributed by atoms with E-state index in [0.717, 1.165) is 5.56 Å². The molecule has 130 valence electrons. The lowest BCUT2D eigenvalue weighted by atomic mass is 10.1. The number of nitrogens with zero attached hydrogens (tertiary/aromatic N) is 2. The first kappa shape index (κ1) is 16.8. The van der Waals surface area contributed by atoms with Crippen molar-refractivity contribution in [3.8, 4) is 0 Å². The fourth-order valence-corrected chi connectivity index (χ4v) is 2.56. The number of halogens is 1. The summed E-state index contributed by atoms with van der Waals surface area (Å²) >= 11 is 0. The average Bonchev–Trinajstić information content (AvgIpc) is 2.88. The van der Waals surface area contributed by atoms with Gasteiger partial charge in [-0.15, -0.1) is 0 Å². The van der Waals surface area contributed by atoms with Gasteiger partial charge in [-0.2, -0.15) is 0 Å². The molecule has 0 aliphatic heterocycles. The first-order valence-corrected chi connectivity index (χ1v) is 7.75. The number of carbonyl (C=O) groups excluding carboxylic acids is 1. The minimum absolute atomic E-state index is 0.234. The van der Waals surface area contributed by atoms with Crippen LogP contribution in [0.3, 0.4) is 0 Å². The van der Waals surface area contributed by atoms with Gasteiger partial charge in [0.05, 0.1) is 11.6 Å². The summed E-state index contributed by atoms with van der Waals surface area (Å²) in [5.74, 6) is -0.775. The Morgan fingerprint density at radius 2 is 1.92 bits per heavy atom. The summed E-state index contributed by atoms with van der Waals surface area (Å²) < 4.78 is 19.5. The molecular weight excluding hydrogens is 325 g/mol. The van der Waals surface area contributed by atoms with Crippen LogP contribution in [0.1, 0.15) is 18.5 Å². The largest absolute Gasteiger partial charge is 0.419 e. The smallest absolute Gasteiger partial charge is 0.408 e. The Hall–Kier alpha value is -3.09. The number of aryl methyl sites for hydroxylation is 1. The lowest BCUT2D eigenvalue weighted by Gasteiger charge is -2.25. The summed E-state index contributed by atoms with van der Waals surface area (Å²) in [5, 5.41) is 2.79. The van der Waals surface area contributed by atoms with Crippen molar-refractivity contribution in [1.82, 2.24) is 9.47 Å². The molecule has 0 aliphatic carbocycles. The number of benzene rings is 2. The highest BCUT2D eigenvalue weighted by Crippen LogP contribution is 2.22. The second-order valence-corrected chi connectivity index (χ2v) is 5.88. The minimum atomic E-state index is -0.458. The van der Waals surface area contributed by atoms with Gasteiger partial charge in [-0.25, -0.2) is 14.0 Å². The van der Waals surface area contributed by atoms with Crippen LogP contribution in [0, 0.1) is 5.82 Å². The zero-order chi connectivity index (χ0) is 18.1. The molecule has 6 nitrogen and oxygen atoms in total. The predicted molar refractivity (Wildman–Crippen MR) is 93.1 cm³/mol. The highest BCUT2D eigenvalue weighted by atomic mass is 19.1. The number of oxazole rings is 1. The Labute approximate surface area is 143 Å². The molecule has 1 aromatic heterocycles. The molecule has 3 rings (SSSR count). The molecule has 0 aliphatic rings. The van der Waals surface area contributed by atoms with Gasteiger partial charge in [0.15, 0.2) is 5.58 Å². The molecule has 1 heterocycles. The van der Waals surface area contributed by atoms with Gasteiger partial charge in [0.25, 0.3) is 0 Å². The van der Waals surface area contributed by atoms with Crippen LogP contribution < -0.4 is 11.1 Å². The molecule has 1 atom stereocenters. The zero-order valence-corrected chi connectivity index (χ0v) is 14.1. The molecule has 2 amide bonds. The highest BCUT2D eigenvalue weighted by molar-refractivity contribution is 5.91. The number of fused-ring (bicyclic) bond motifs is 1. The van der Waals surface area contributed by atoms with Gasteiger partial charge in [-0.05, 0) is 42.8 Å². The van der Waals surface area contributed by atoms with E-state index in [9.17, 15) is 14.0 Å². The number of hydrogen-bond donors (Lipinski definition) is 1. The summed E-state index contributed by atoms with van der Waals surface area (Å²) in [6.45, 7) is 1.86. The predicted octanol–water partition coefficient (Wildman–Crippen LogP) is 3.50. The van der Waals surface area contributed by atoms with Gasteiger partial charge in [0, 0.05) is 19.8 Å².